The van der Waals surface area contributed by atoms with Gasteiger partial charge in [0.05, 0.1) is 13.2 Å². The number of amides is 1. The average molecular weight is 443 g/mol. The van der Waals surface area contributed by atoms with E-state index in [0.717, 1.165) is 36.3 Å². The summed E-state index contributed by atoms with van der Waals surface area (Å²) in [6.45, 7) is 7.76. The number of carbonyl (C=O) groups is 1. The van der Waals surface area contributed by atoms with Crippen molar-refractivity contribution in [2.45, 2.75) is 25.4 Å². The topological polar surface area (TPSA) is 67.6 Å². The maximum Gasteiger partial charge on any atom is 0.244 e. The van der Waals surface area contributed by atoms with Crippen molar-refractivity contribution < 1.29 is 9.53 Å². The molecule has 3 N–H and O–H groups in total. The van der Waals surface area contributed by atoms with Crippen molar-refractivity contribution in [3.05, 3.63) is 34.3 Å². The summed E-state index contributed by atoms with van der Waals surface area (Å²) in [6.07, 6.45) is 0. The number of benzene rings is 1. The summed E-state index contributed by atoms with van der Waals surface area (Å²) in [7, 11) is 0. The molecule has 0 aliphatic carbocycles. The van der Waals surface area contributed by atoms with Crippen LogP contribution in [0.15, 0.2) is 28.7 Å². The van der Waals surface area contributed by atoms with Gasteiger partial charge in [0.1, 0.15) is 5.54 Å². The quantitative estimate of drug-likeness (QED) is 0.734. The average Bonchev–Trinajstić information content (AvgIpc) is 2.53. The van der Waals surface area contributed by atoms with Crippen LogP contribution < -0.4 is 11.1 Å². The number of nitrogens with zero attached hydrogens (tertiary/aromatic N) is 1. The highest BCUT2D eigenvalue weighted by Gasteiger charge is 2.31. The van der Waals surface area contributed by atoms with Crippen LogP contribution in [0.4, 0.5) is 0 Å². The first kappa shape index (κ1) is 23.6. The van der Waals surface area contributed by atoms with Crippen LogP contribution in [0.2, 0.25) is 0 Å². The Morgan fingerprint density at radius 1 is 1.33 bits per heavy atom. The fourth-order valence-corrected chi connectivity index (χ4v) is 2.76. The zero-order valence-electron chi connectivity index (χ0n) is 14.0. The maximum absolute atomic E-state index is 12.4. The summed E-state index contributed by atoms with van der Waals surface area (Å²) in [6, 6.07) is 7.80. The normalized spacial score (nSPS) is 18.5. The molecule has 8 heteroatoms. The van der Waals surface area contributed by atoms with Gasteiger partial charge in [-0.3, -0.25) is 9.69 Å². The Bertz CT molecular complexity index is 509. The molecule has 2 unspecified atom stereocenters. The van der Waals surface area contributed by atoms with E-state index in [-0.39, 0.29) is 36.8 Å². The van der Waals surface area contributed by atoms with Crippen molar-refractivity contribution in [1.82, 2.24) is 10.2 Å². The second kappa shape index (κ2) is 10.6. The lowest BCUT2D eigenvalue weighted by Crippen LogP contribution is -2.53. The van der Waals surface area contributed by atoms with Gasteiger partial charge in [0.25, 0.3) is 0 Å². The van der Waals surface area contributed by atoms with E-state index in [1.54, 1.807) is 6.92 Å². The van der Waals surface area contributed by atoms with Crippen LogP contribution in [0.3, 0.4) is 0 Å². The van der Waals surface area contributed by atoms with Crippen molar-refractivity contribution >= 4 is 46.7 Å². The number of morpholine rings is 1. The fraction of sp³-hybridized carbons (Fsp3) is 0.562. The molecular formula is C16H26BrCl2N3O2. The van der Waals surface area contributed by atoms with Crippen LogP contribution in [-0.4, -0.2) is 49.7 Å². The molecule has 1 fully saturated rings. The molecule has 1 aliphatic rings. The van der Waals surface area contributed by atoms with E-state index in [0.29, 0.717) is 6.54 Å². The van der Waals surface area contributed by atoms with E-state index >= 15 is 0 Å². The number of hydrogen-bond acceptors (Lipinski definition) is 4. The van der Waals surface area contributed by atoms with Gasteiger partial charge in [-0.25, -0.2) is 0 Å². The van der Waals surface area contributed by atoms with Crippen LogP contribution in [0.1, 0.15) is 19.4 Å². The van der Waals surface area contributed by atoms with Crippen molar-refractivity contribution in [3.63, 3.8) is 0 Å². The zero-order valence-corrected chi connectivity index (χ0v) is 17.2. The Morgan fingerprint density at radius 2 is 1.88 bits per heavy atom. The molecule has 0 radical (unpaired) electrons. The molecule has 1 amide bonds. The van der Waals surface area contributed by atoms with Crippen molar-refractivity contribution in [2.75, 3.05) is 32.8 Å². The number of hydrogen-bond donors (Lipinski definition) is 2. The number of nitrogens with two attached hydrogens (primary N) is 1. The zero-order chi connectivity index (χ0) is 16.2. The monoisotopic (exact) mass is 441 g/mol. The van der Waals surface area contributed by atoms with Gasteiger partial charge >= 0.3 is 0 Å². The molecule has 0 aromatic heterocycles. The number of ether oxygens (including phenoxy) is 1. The third-order valence-electron chi connectivity index (χ3n) is 4.14. The molecule has 1 aromatic carbocycles. The van der Waals surface area contributed by atoms with Gasteiger partial charge in [0.2, 0.25) is 5.91 Å². The number of nitrogens with one attached hydrogen (secondary N) is 1. The third kappa shape index (κ3) is 6.17. The fourth-order valence-electron chi connectivity index (χ4n) is 2.50. The van der Waals surface area contributed by atoms with E-state index in [1.807, 2.05) is 24.3 Å². The molecule has 1 aromatic rings. The van der Waals surface area contributed by atoms with Crippen LogP contribution in [0, 0.1) is 0 Å². The second-order valence-corrected chi connectivity index (χ2v) is 6.83. The van der Waals surface area contributed by atoms with Crippen molar-refractivity contribution in [2.24, 2.45) is 5.73 Å². The third-order valence-corrected chi connectivity index (χ3v) is 4.67. The van der Waals surface area contributed by atoms with Gasteiger partial charge in [-0.15, -0.1) is 24.8 Å². The molecule has 2 atom stereocenters. The van der Waals surface area contributed by atoms with Gasteiger partial charge < -0.3 is 15.8 Å². The molecule has 1 heterocycles. The number of carbonyl (C=O) groups excluding carboxylic acids is 1. The Hall–Kier alpha value is -0.370. The lowest BCUT2D eigenvalue weighted by molar-refractivity contribution is -0.126. The van der Waals surface area contributed by atoms with Gasteiger partial charge in [0.15, 0.2) is 0 Å². The molecule has 0 saturated carbocycles. The number of halogens is 3. The predicted molar refractivity (Wildman–Crippen MR) is 105 cm³/mol. The molecule has 138 valence electrons. The Labute approximate surface area is 164 Å². The summed E-state index contributed by atoms with van der Waals surface area (Å²) in [5.41, 5.74) is 6.00. The van der Waals surface area contributed by atoms with Crippen LogP contribution >= 0.6 is 40.7 Å². The van der Waals surface area contributed by atoms with E-state index in [2.05, 4.69) is 33.1 Å². The SMILES string of the molecule is CC(CNC(=O)C(C)(N)c1ccc(Br)cc1)N1CCOCC1.Cl.Cl. The van der Waals surface area contributed by atoms with Crippen molar-refractivity contribution in [3.8, 4) is 0 Å². The van der Waals surface area contributed by atoms with Gasteiger partial charge in [-0.2, -0.15) is 0 Å². The highest BCUT2D eigenvalue weighted by atomic mass is 79.9. The highest BCUT2D eigenvalue weighted by molar-refractivity contribution is 9.10. The van der Waals surface area contributed by atoms with E-state index < -0.39 is 5.54 Å². The van der Waals surface area contributed by atoms with Gasteiger partial charge in [-0.1, -0.05) is 28.1 Å². The Balaban J connectivity index is 0.00000264. The summed E-state index contributed by atoms with van der Waals surface area (Å²) in [4.78, 5) is 14.8. The van der Waals surface area contributed by atoms with Crippen molar-refractivity contribution in [1.29, 1.82) is 0 Å². The summed E-state index contributed by atoms with van der Waals surface area (Å²) in [5, 5.41) is 2.97. The summed E-state index contributed by atoms with van der Waals surface area (Å²) >= 11 is 3.39. The van der Waals surface area contributed by atoms with E-state index in [4.69, 9.17) is 10.5 Å². The van der Waals surface area contributed by atoms with Gasteiger partial charge in [-0.05, 0) is 31.5 Å². The lowest BCUT2D eigenvalue weighted by Gasteiger charge is -2.33. The minimum absolute atomic E-state index is 0. The molecule has 0 spiro atoms. The number of rotatable bonds is 5. The van der Waals surface area contributed by atoms with Crippen LogP contribution in [0.5, 0.6) is 0 Å². The molecule has 24 heavy (non-hydrogen) atoms. The first-order valence-electron chi connectivity index (χ1n) is 7.56. The minimum Gasteiger partial charge on any atom is -0.379 e. The van der Waals surface area contributed by atoms with Crippen LogP contribution in [0.25, 0.3) is 0 Å². The predicted octanol–water partition coefficient (Wildman–Crippen LogP) is 2.30. The lowest BCUT2D eigenvalue weighted by atomic mass is 9.92. The van der Waals surface area contributed by atoms with E-state index in [9.17, 15) is 4.79 Å². The molecular weight excluding hydrogens is 417 g/mol. The highest BCUT2D eigenvalue weighted by Crippen LogP contribution is 2.20. The minimum atomic E-state index is -1.04. The molecule has 2 rings (SSSR count). The summed E-state index contributed by atoms with van der Waals surface area (Å²) < 4.78 is 6.31. The Kier molecular flexibility index (Phi) is 10.4. The largest absolute Gasteiger partial charge is 0.379 e. The second-order valence-electron chi connectivity index (χ2n) is 5.92. The standard InChI is InChI=1S/C16H24BrN3O2.2ClH/c1-12(20-7-9-22-10-8-20)11-19-15(21)16(2,18)13-3-5-14(17)6-4-13;;/h3-6,12H,7-11,18H2,1-2H3,(H,19,21);2*1H. The maximum atomic E-state index is 12.4. The van der Waals surface area contributed by atoms with E-state index in [1.165, 1.54) is 0 Å². The first-order chi connectivity index (χ1) is 10.4. The smallest absolute Gasteiger partial charge is 0.244 e. The first-order valence-corrected chi connectivity index (χ1v) is 8.35. The van der Waals surface area contributed by atoms with Crippen LogP contribution in [-0.2, 0) is 15.1 Å². The Morgan fingerprint density at radius 3 is 2.42 bits per heavy atom. The van der Waals surface area contributed by atoms with Gasteiger partial charge in [0, 0.05) is 30.1 Å². The summed E-state index contributed by atoms with van der Waals surface area (Å²) in [5.74, 6) is -0.157. The molecule has 5 nitrogen and oxygen atoms in total. The molecule has 0 bridgehead atoms. The molecule has 1 saturated heterocycles. The molecule has 1 aliphatic heterocycles.